The minimum absolute atomic E-state index is 0.0346. The van der Waals surface area contributed by atoms with Gasteiger partial charge in [-0.05, 0) is 55.3 Å². The van der Waals surface area contributed by atoms with E-state index < -0.39 is 17.1 Å². The van der Waals surface area contributed by atoms with Crippen LogP contribution in [0.4, 0.5) is 0 Å². The molecule has 4 nitrogen and oxygen atoms in total. The fourth-order valence-electron chi connectivity index (χ4n) is 7.20. The summed E-state index contributed by atoms with van der Waals surface area (Å²) in [5.41, 5.74) is -0.901. The van der Waals surface area contributed by atoms with Gasteiger partial charge in [0, 0.05) is 18.3 Å². The smallest absolute Gasteiger partial charge is 0.174 e. The van der Waals surface area contributed by atoms with Gasteiger partial charge in [0.05, 0.1) is 11.9 Å². The molecule has 3 fully saturated rings. The molecular formula is C21H30O4S. The standard InChI is InChI=1S/C21H30O4S/c1-19-7-5-13(22)9-12(19)3-4-14-15-6-8-21(25,17(24)11-26)20(15,2)10-16(23)18(14)19/h3,14-16,18,23,25-26H,4-11H2,1-2H3/t14-,15-,16-,18+,19-,20-,21-/m0/s1. The van der Waals surface area contributed by atoms with Crippen LogP contribution < -0.4 is 0 Å². The van der Waals surface area contributed by atoms with Crippen LogP contribution in [0.5, 0.6) is 0 Å². The molecule has 4 aliphatic rings. The van der Waals surface area contributed by atoms with Gasteiger partial charge in [-0.1, -0.05) is 25.5 Å². The number of ketones is 2. The lowest BCUT2D eigenvalue weighted by molar-refractivity contribution is -0.176. The third kappa shape index (κ3) is 2.23. The first-order valence-electron chi connectivity index (χ1n) is 9.93. The Morgan fingerprint density at radius 1 is 1.35 bits per heavy atom. The first kappa shape index (κ1) is 18.7. The average molecular weight is 379 g/mol. The van der Waals surface area contributed by atoms with E-state index in [1.165, 1.54) is 5.57 Å². The molecule has 0 amide bonds. The fraction of sp³-hybridized carbons (Fsp3) is 0.810. The van der Waals surface area contributed by atoms with Crippen molar-refractivity contribution in [1.82, 2.24) is 0 Å². The van der Waals surface area contributed by atoms with Crippen LogP contribution in [-0.2, 0) is 9.59 Å². The molecule has 0 radical (unpaired) electrons. The summed E-state index contributed by atoms with van der Waals surface area (Å²) in [6, 6.07) is 0. The maximum absolute atomic E-state index is 12.5. The lowest BCUT2D eigenvalue weighted by atomic mass is 9.46. The van der Waals surface area contributed by atoms with Gasteiger partial charge in [-0.15, -0.1) is 0 Å². The Morgan fingerprint density at radius 2 is 2.08 bits per heavy atom. The molecule has 0 heterocycles. The van der Waals surface area contributed by atoms with Crippen LogP contribution in [0.15, 0.2) is 11.6 Å². The molecule has 4 rings (SSSR count). The number of aliphatic hydroxyl groups is 2. The van der Waals surface area contributed by atoms with Gasteiger partial charge in [-0.2, -0.15) is 12.6 Å². The molecule has 144 valence electrons. The molecular weight excluding hydrogens is 348 g/mol. The van der Waals surface area contributed by atoms with Gasteiger partial charge in [-0.25, -0.2) is 0 Å². The normalized spacial score (nSPS) is 50.5. The Kier molecular flexibility index (Phi) is 4.26. The summed E-state index contributed by atoms with van der Waals surface area (Å²) < 4.78 is 0. The number of carbonyl (C=O) groups excluding carboxylic acids is 2. The highest BCUT2D eigenvalue weighted by Crippen LogP contribution is 2.67. The molecule has 0 bridgehead atoms. The summed E-state index contributed by atoms with van der Waals surface area (Å²) in [5.74, 6) is 0.717. The third-order valence-corrected chi connectivity index (χ3v) is 8.91. The number of hydrogen-bond acceptors (Lipinski definition) is 5. The van der Waals surface area contributed by atoms with Crippen molar-refractivity contribution in [2.24, 2.45) is 28.6 Å². The zero-order chi connectivity index (χ0) is 18.9. The molecule has 3 saturated carbocycles. The Bertz CT molecular complexity index is 687. The van der Waals surface area contributed by atoms with Crippen LogP contribution in [0.3, 0.4) is 0 Å². The van der Waals surface area contributed by atoms with Crippen LogP contribution in [0, 0.1) is 28.6 Å². The van der Waals surface area contributed by atoms with Crippen LogP contribution in [-0.4, -0.2) is 39.2 Å². The Balaban J connectivity index is 1.74. The van der Waals surface area contributed by atoms with Crippen LogP contribution in [0.25, 0.3) is 0 Å². The molecule has 0 spiro atoms. The van der Waals surface area contributed by atoms with Crippen molar-refractivity contribution in [1.29, 1.82) is 0 Å². The van der Waals surface area contributed by atoms with Crippen LogP contribution in [0.2, 0.25) is 0 Å². The Hall–Kier alpha value is -0.650. The summed E-state index contributed by atoms with van der Waals surface area (Å²) in [5, 5.41) is 22.5. The topological polar surface area (TPSA) is 74.6 Å². The largest absolute Gasteiger partial charge is 0.393 e. The van der Waals surface area contributed by atoms with Gasteiger partial charge in [0.15, 0.2) is 5.78 Å². The second-order valence-corrected chi connectivity index (χ2v) is 9.88. The quantitative estimate of drug-likeness (QED) is 0.510. The van der Waals surface area contributed by atoms with E-state index in [1.807, 2.05) is 6.92 Å². The number of hydrogen-bond donors (Lipinski definition) is 3. The van der Waals surface area contributed by atoms with E-state index >= 15 is 0 Å². The molecule has 0 aromatic rings. The summed E-state index contributed by atoms with van der Waals surface area (Å²) in [4.78, 5) is 24.5. The van der Waals surface area contributed by atoms with Crippen molar-refractivity contribution >= 4 is 24.2 Å². The number of fused-ring (bicyclic) bond motifs is 5. The first-order valence-corrected chi connectivity index (χ1v) is 10.6. The van der Waals surface area contributed by atoms with E-state index in [-0.39, 0.29) is 34.7 Å². The van der Waals surface area contributed by atoms with Crippen molar-refractivity contribution in [3.63, 3.8) is 0 Å². The second-order valence-electron chi connectivity index (χ2n) is 9.56. The molecule has 7 atom stereocenters. The van der Waals surface area contributed by atoms with Crippen molar-refractivity contribution in [3.8, 4) is 0 Å². The molecule has 0 aromatic heterocycles. The average Bonchev–Trinajstić information content (AvgIpc) is 2.86. The lowest BCUT2D eigenvalue weighted by Crippen LogP contribution is -2.61. The highest BCUT2D eigenvalue weighted by atomic mass is 32.1. The zero-order valence-corrected chi connectivity index (χ0v) is 16.6. The summed E-state index contributed by atoms with van der Waals surface area (Å²) in [6.45, 7) is 4.21. The minimum atomic E-state index is -1.38. The Morgan fingerprint density at radius 3 is 2.77 bits per heavy atom. The molecule has 0 unspecified atom stereocenters. The number of aliphatic hydroxyl groups excluding tert-OH is 1. The van der Waals surface area contributed by atoms with Gasteiger partial charge >= 0.3 is 0 Å². The molecule has 0 aliphatic heterocycles. The number of Topliss-reactive ketones (excluding diaryl/α,β-unsaturated/α-hetero) is 2. The highest BCUT2D eigenvalue weighted by Gasteiger charge is 2.67. The monoisotopic (exact) mass is 378 g/mol. The van der Waals surface area contributed by atoms with Crippen molar-refractivity contribution < 1.29 is 19.8 Å². The maximum atomic E-state index is 12.5. The van der Waals surface area contributed by atoms with E-state index in [9.17, 15) is 19.8 Å². The fourth-order valence-corrected chi connectivity index (χ4v) is 7.46. The van der Waals surface area contributed by atoms with Gasteiger partial charge in [-0.3, -0.25) is 9.59 Å². The lowest BCUT2D eigenvalue weighted by Gasteiger charge is -2.59. The molecule has 26 heavy (non-hydrogen) atoms. The summed E-state index contributed by atoms with van der Waals surface area (Å²) in [6.07, 6.45) is 6.17. The van der Waals surface area contributed by atoms with E-state index in [0.29, 0.717) is 31.5 Å². The van der Waals surface area contributed by atoms with Crippen LogP contribution >= 0.6 is 12.6 Å². The predicted octanol–water partition coefficient (Wildman–Crippen LogP) is 2.72. The van der Waals surface area contributed by atoms with Crippen molar-refractivity contribution in [2.45, 2.75) is 70.5 Å². The number of rotatable bonds is 2. The molecule has 4 aliphatic carbocycles. The van der Waals surface area contributed by atoms with Gasteiger partial charge < -0.3 is 10.2 Å². The highest BCUT2D eigenvalue weighted by molar-refractivity contribution is 7.81. The minimum Gasteiger partial charge on any atom is -0.393 e. The zero-order valence-electron chi connectivity index (χ0n) is 15.7. The van der Waals surface area contributed by atoms with Gasteiger partial charge in [0.2, 0.25) is 0 Å². The number of allylic oxidation sites excluding steroid dienone is 2. The van der Waals surface area contributed by atoms with Crippen molar-refractivity contribution in [2.75, 3.05) is 5.75 Å². The number of carbonyl (C=O) groups is 2. The van der Waals surface area contributed by atoms with E-state index in [2.05, 4.69) is 25.6 Å². The van der Waals surface area contributed by atoms with Gasteiger partial charge in [0.1, 0.15) is 11.4 Å². The number of thiol groups is 1. The second kappa shape index (κ2) is 5.92. The van der Waals surface area contributed by atoms with Crippen molar-refractivity contribution in [3.05, 3.63) is 11.6 Å². The van der Waals surface area contributed by atoms with E-state index in [0.717, 1.165) is 19.3 Å². The third-order valence-electron chi connectivity index (χ3n) is 8.63. The molecule has 0 aromatic carbocycles. The SMILES string of the molecule is C[C@]12CCC(=O)CC1=CC[C@@H]1[C@@H]2[C@@H](O)C[C@@]2(C)[C@H]1CC[C@]2(O)C(=O)CS. The predicted molar refractivity (Wildman–Crippen MR) is 102 cm³/mol. The van der Waals surface area contributed by atoms with E-state index in [4.69, 9.17) is 0 Å². The summed E-state index contributed by atoms with van der Waals surface area (Å²) >= 11 is 4.12. The van der Waals surface area contributed by atoms with E-state index in [1.54, 1.807) is 0 Å². The first-order chi connectivity index (χ1) is 12.2. The molecule has 0 saturated heterocycles. The molecule has 2 N–H and O–H groups in total. The molecule has 5 heteroatoms. The summed E-state index contributed by atoms with van der Waals surface area (Å²) in [7, 11) is 0. The Labute approximate surface area is 160 Å². The van der Waals surface area contributed by atoms with Crippen LogP contribution in [0.1, 0.15) is 58.8 Å². The van der Waals surface area contributed by atoms with Gasteiger partial charge in [0.25, 0.3) is 0 Å². The maximum Gasteiger partial charge on any atom is 0.174 e.